The Balaban J connectivity index is 1.83. The van der Waals surface area contributed by atoms with Crippen LogP contribution in [0.4, 0.5) is 23.2 Å². The van der Waals surface area contributed by atoms with Crippen LogP contribution in [0.25, 0.3) is 0 Å². The predicted octanol–water partition coefficient (Wildman–Crippen LogP) is 2.79. The number of imidazole rings is 1. The van der Waals surface area contributed by atoms with Crippen LogP contribution in [0.1, 0.15) is 24.8 Å². The predicted molar refractivity (Wildman–Crippen MR) is 88.1 cm³/mol. The van der Waals surface area contributed by atoms with Crippen molar-refractivity contribution in [3.8, 4) is 0 Å². The van der Waals surface area contributed by atoms with Crippen molar-refractivity contribution in [1.82, 2.24) is 9.97 Å². The minimum atomic E-state index is -5.69. The van der Waals surface area contributed by atoms with Crippen LogP contribution in [0.5, 0.6) is 0 Å². The summed E-state index contributed by atoms with van der Waals surface area (Å²) in [7, 11) is -5.69. The molecule has 1 atom stereocenters. The van der Waals surface area contributed by atoms with Crippen LogP contribution in [0.15, 0.2) is 35.5 Å². The number of piperidine rings is 1. The SMILES string of the molecule is O=S(=O)(c1cc(F)ccc1N1CCC(C(O)c2ncc[nH]2)CC1)C(F)(F)F. The first-order chi connectivity index (χ1) is 12.6. The van der Waals surface area contributed by atoms with Crippen molar-refractivity contribution in [2.75, 3.05) is 18.0 Å². The first-order valence-electron chi connectivity index (χ1n) is 8.14. The van der Waals surface area contributed by atoms with Crippen molar-refractivity contribution < 1.29 is 31.1 Å². The Kier molecular flexibility index (Phi) is 5.17. The largest absolute Gasteiger partial charge is 0.501 e. The number of aromatic nitrogens is 2. The van der Waals surface area contributed by atoms with Crippen molar-refractivity contribution in [3.05, 3.63) is 42.2 Å². The van der Waals surface area contributed by atoms with Gasteiger partial charge in [0.15, 0.2) is 0 Å². The number of sulfone groups is 1. The van der Waals surface area contributed by atoms with Crippen LogP contribution < -0.4 is 4.90 Å². The number of anilines is 1. The lowest BCUT2D eigenvalue weighted by Crippen LogP contribution is -2.37. The fraction of sp³-hybridized carbons (Fsp3) is 0.438. The zero-order chi connectivity index (χ0) is 19.8. The van der Waals surface area contributed by atoms with Gasteiger partial charge in [0.25, 0.3) is 9.84 Å². The smallest absolute Gasteiger partial charge is 0.385 e. The molecule has 3 rings (SSSR count). The van der Waals surface area contributed by atoms with E-state index in [1.165, 1.54) is 11.1 Å². The van der Waals surface area contributed by atoms with Gasteiger partial charge in [0.1, 0.15) is 22.6 Å². The molecule has 2 heterocycles. The van der Waals surface area contributed by atoms with Crippen LogP contribution in [0.3, 0.4) is 0 Å². The highest BCUT2D eigenvalue weighted by atomic mass is 32.2. The van der Waals surface area contributed by atoms with Crippen molar-refractivity contribution in [2.45, 2.75) is 29.3 Å². The molecule has 2 aromatic rings. The highest BCUT2D eigenvalue weighted by molar-refractivity contribution is 7.92. The number of rotatable bonds is 4. The summed E-state index contributed by atoms with van der Waals surface area (Å²) in [6.45, 7) is 0.433. The van der Waals surface area contributed by atoms with Crippen LogP contribution >= 0.6 is 0 Å². The molecule has 0 radical (unpaired) electrons. The van der Waals surface area contributed by atoms with Gasteiger partial charge in [0, 0.05) is 25.5 Å². The minimum Gasteiger partial charge on any atom is -0.385 e. The van der Waals surface area contributed by atoms with Gasteiger partial charge >= 0.3 is 5.51 Å². The summed E-state index contributed by atoms with van der Waals surface area (Å²) in [5.74, 6) is -0.851. The molecule has 1 unspecified atom stereocenters. The summed E-state index contributed by atoms with van der Waals surface area (Å²) in [4.78, 5) is 7.16. The highest BCUT2D eigenvalue weighted by Gasteiger charge is 2.48. The van der Waals surface area contributed by atoms with Crippen molar-refractivity contribution >= 4 is 15.5 Å². The number of aromatic amines is 1. The molecule has 0 spiro atoms. The summed E-state index contributed by atoms with van der Waals surface area (Å²) in [5.41, 5.74) is -5.72. The third-order valence-corrected chi connectivity index (χ3v) is 6.16. The van der Waals surface area contributed by atoms with E-state index in [4.69, 9.17) is 0 Å². The lowest BCUT2D eigenvalue weighted by atomic mass is 9.90. The Bertz CT molecular complexity index is 892. The van der Waals surface area contributed by atoms with Crippen LogP contribution in [-0.2, 0) is 9.84 Å². The quantitative estimate of drug-likeness (QED) is 0.762. The number of nitrogens with zero attached hydrogens (tertiary/aromatic N) is 2. The van der Waals surface area contributed by atoms with Gasteiger partial charge in [-0.05, 0) is 37.0 Å². The zero-order valence-corrected chi connectivity index (χ0v) is 14.8. The van der Waals surface area contributed by atoms with Crippen LogP contribution in [-0.4, -0.2) is 42.1 Å². The molecule has 0 aliphatic carbocycles. The number of nitrogens with one attached hydrogen (secondary N) is 1. The molecular weight excluding hydrogens is 390 g/mol. The monoisotopic (exact) mass is 407 g/mol. The second-order valence-corrected chi connectivity index (χ2v) is 8.21. The van der Waals surface area contributed by atoms with Crippen LogP contribution in [0.2, 0.25) is 0 Å². The van der Waals surface area contributed by atoms with E-state index in [2.05, 4.69) is 9.97 Å². The lowest BCUT2D eigenvalue weighted by molar-refractivity contribution is -0.0435. The van der Waals surface area contributed by atoms with Crippen molar-refractivity contribution in [2.24, 2.45) is 5.92 Å². The number of halogens is 4. The molecule has 1 aromatic carbocycles. The standard InChI is InChI=1S/C16H17F4N3O3S/c17-11-1-2-12(13(9-11)27(25,26)16(18,19)20)23-7-3-10(4-8-23)14(24)15-21-5-6-22-15/h1-2,5-6,9-10,14,24H,3-4,7-8H2,(H,21,22). The molecule has 1 aliphatic rings. The summed E-state index contributed by atoms with van der Waals surface area (Å²) in [6, 6.07) is 2.35. The van der Waals surface area contributed by atoms with Gasteiger partial charge in [0.05, 0.1) is 5.69 Å². The molecule has 6 nitrogen and oxygen atoms in total. The molecule has 2 N–H and O–H groups in total. The van der Waals surface area contributed by atoms with E-state index in [1.54, 1.807) is 6.20 Å². The Morgan fingerprint density at radius 1 is 1.26 bits per heavy atom. The van der Waals surface area contributed by atoms with E-state index in [9.17, 15) is 31.1 Å². The maximum absolute atomic E-state index is 13.5. The van der Waals surface area contributed by atoms with Gasteiger partial charge in [0.2, 0.25) is 0 Å². The Hall–Kier alpha value is -2.14. The second-order valence-electron chi connectivity index (χ2n) is 6.30. The fourth-order valence-corrected chi connectivity index (χ4v) is 4.20. The second kappa shape index (κ2) is 7.12. The number of hydrogen-bond acceptors (Lipinski definition) is 5. The zero-order valence-electron chi connectivity index (χ0n) is 13.9. The summed E-state index contributed by atoms with van der Waals surface area (Å²) < 4.78 is 76.0. The molecule has 0 saturated carbocycles. The summed E-state index contributed by atoms with van der Waals surface area (Å²) >= 11 is 0. The van der Waals surface area contributed by atoms with Gasteiger partial charge in [-0.2, -0.15) is 13.2 Å². The fourth-order valence-electron chi connectivity index (χ4n) is 3.21. The summed E-state index contributed by atoms with van der Waals surface area (Å²) in [6.07, 6.45) is 3.03. The molecule has 11 heteroatoms. The normalized spacial score (nSPS) is 17.9. The molecule has 0 amide bonds. The average Bonchev–Trinajstić information content (AvgIpc) is 3.15. The topological polar surface area (TPSA) is 86.3 Å². The van der Waals surface area contributed by atoms with Gasteiger partial charge in [-0.1, -0.05) is 0 Å². The van der Waals surface area contributed by atoms with E-state index in [-0.39, 0.29) is 24.7 Å². The van der Waals surface area contributed by atoms with Crippen molar-refractivity contribution in [3.63, 3.8) is 0 Å². The number of H-pyrrole nitrogens is 1. The number of alkyl halides is 3. The number of benzene rings is 1. The van der Waals surface area contributed by atoms with Gasteiger partial charge in [-0.15, -0.1) is 0 Å². The first-order valence-corrected chi connectivity index (χ1v) is 9.63. The number of hydrogen-bond donors (Lipinski definition) is 2. The maximum atomic E-state index is 13.5. The molecule has 148 valence electrons. The maximum Gasteiger partial charge on any atom is 0.501 e. The lowest BCUT2D eigenvalue weighted by Gasteiger charge is -2.36. The van der Waals surface area contributed by atoms with E-state index in [0.29, 0.717) is 24.7 Å². The Morgan fingerprint density at radius 3 is 2.48 bits per heavy atom. The highest BCUT2D eigenvalue weighted by Crippen LogP contribution is 2.38. The number of aliphatic hydroxyl groups excluding tert-OH is 1. The van der Waals surface area contributed by atoms with Gasteiger partial charge < -0.3 is 15.0 Å². The molecule has 1 fully saturated rings. The van der Waals surface area contributed by atoms with E-state index in [1.807, 2.05) is 0 Å². The van der Waals surface area contributed by atoms with Crippen molar-refractivity contribution in [1.29, 1.82) is 0 Å². The van der Waals surface area contributed by atoms with Gasteiger partial charge in [-0.25, -0.2) is 17.8 Å². The average molecular weight is 407 g/mol. The molecule has 27 heavy (non-hydrogen) atoms. The minimum absolute atomic E-state index is 0.185. The molecule has 1 saturated heterocycles. The Labute approximate surface area is 152 Å². The summed E-state index contributed by atoms with van der Waals surface area (Å²) in [5, 5.41) is 10.3. The third kappa shape index (κ3) is 3.79. The van der Waals surface area contributed by atoms with Gasteiger partial charge in [-0.3, -0.25) is 0 Å². The van der Waals surface area contributed by atoms with E-state index < -0.39 is 32.2 Å². The third-order valence-electron chi connectivity index (χ3n) is 4.64. The first kappa shape index (κ1) is 19.6. The van der Waals surface area contributed by atoms with E-state index >= 15 is 0 Å². The molecule has 0 bridgehead atoms. The Morgan fingerprint density at radius 2 is 1.93 bits per heavy atom. The number of aliphatic hydroxyl groups is 1. The molecule has 1 aromatic heterocycles. The molecule has 1 aliphatic heterocycles. The van der Waals surface area contributed by atoms with Crippen LogP contribution in [0, 0.1) is 11.7 Å². The van der Waals surface area contributed by atoms with E-state index in [0.717, 1.165) is 12.1 Å². The molecular formula is C16H17F4N3O3S.